The molecule has 0 amide bonds. The quantitative estimate of drug-likeness (QED) is 0.336. The van der Waals surface area contributed by atoms with Crippen LogP contribution >= 0.6 is 0 Å². The van der Waals surface area contributed by atoms with Crippen LogP contribution in [-0.2, 0) is 13.2 Å². The fourth-order valence-electron chi connectivity index (χ4n) is 3.60. The Morgan fingerprint density at radius 2 is 1.00 bits per heavy atom. The first kappa shape index (κ1) is 24.5. The minimum Gasteiger partial charge on any atom is -0.487 e. The second-order valence-corrected chi connectivity index (χ2v) is 8.41. The number of hydrogen-bond donors (Lipinski definition) is 2. The molecule has 0 saturated carbocycles. The van der Waals surface area contributed by atoms with Gasteiger partial charge in [-0.05, 0) is 47.5 Å². The first-order valence-corrected chi connectivity index (χ1v) is 11.9. The van der Waals surface area contributed by atoms with Crippen molar-refractivity contribution in [3.05, 3.63) is 151 Å². The summed E-state index contributed by atoms with van der Waals surface area (Å²) in [5, 5.41) is 0.186. The summed E-state index contributed by atoms with van der Waals surface area (Å²) in [6, 6.07) is 26.6. The van der Waals surface area contributed by atoms with Crippen LogP contribution in [0.5, 0.6) is 11.5 Å². The van der Waals surface area contributed by atoms with Crippen LogP contribution in [0.25, 0.3) is 12.2 Å². The highest BCUT2D eigenvalue weighted by atomic mass is 16.5. The number of nitrogens with one attached hydrogen (secondary N) is 2. The lowest BCUT2D eigenvalue weighted by atomic mass is 10.2. The molecule has 0 radical (unpaired) electrons. The molecule has 188 valence electrons. The van der Waals surface area contributed by atoms with Crippen molar-refractivity contribution in [1.82, 2.24) is 19.9 Å². The minimum atomic E-state index is -0.454. The molecule has 0 aliphatic rings. The number of hydrogen-bond acceptors (Lipinski definition) is 6. The molecule has 8 nitrogen and oxygen atoms in total. The first-order chi connectivity index (χ1) is 18.6. The van der Waals surface area contributed by atoms with Crippen molar-refractivity contribution in [3.8, 4) is 11.5 Å². The Morgan fingerprint density at radius 1 is 0.579 bits per heavy atom. The molecule has 0 spiro atoms. The zero-order valence-corrected chi connectivity index (χ0v) is 20.3. The summed E-state index contributed by atoms with van der Waals surface area (Å²) in [6.07, 6.45) is 6.15. The zero-order valence-electron chi connectivity index (χ0n) is 20.3. The molecule has 0 bridgehead atoms. The van der Waals surface area contributed by atoms with Gasteiger partial charge in [0.2, 0.25) is 0 Å². The molecule has 5 rings (SSSR count). The summed E-state index contributed by atoms with van der Waals surface area (Å²) in [6.45, 7) is 0.851. The third kappa shape index (κ3) is 6.50. The lowest BCUT2D eigenvalue weighted by Crippen LogP contribution is -2.46. The van der Waals surface area contributed by atoms with E-state index in [9.17, 15) is 9.59 Å². The SMILES string of the molecule is O=c1[nH]c(=Cc2ccc(OCc3ccccc3)cn2)c(=O)[nH]c1=Cc1ccc(OCc2ccccc2)cn1. The Balaban J connectivity index is 1.28. The van der Waals surface area contributed by atoms with E-state index < -0.39 is 11.1 Å². The number of aromatic amines is 2. The molecule has 0 atom stereocenters. The maximum absolute atomic E-state index is 12.6. The molecular weight excluding hydrogens is 480 g/mol. The van der Waals surface area contributed by atoms with E-state index in [2.05, 4.69) is 19.9 Å². The molecule has 8 heteroatoms. The number of rotatable bonds is 8. The first-order valence-electron chi connectivity index (χ1n) is 11.9. The summed E-state index contributed by atoms with van der Waals surface area (Å²) in [4.78, 5) is 39.1. The van der Waals surface area contributed by atoms with Crippen LogP contribution < -0.4 is 31.3 Å². The van der Waals surface area contributed by atoms with Crippen molar-refractivity contribution >= 4 is 12.2 Å². The largest absolute Gasteiger partial charge is 0.487 e. The van der Waals surface area contributed by atoms with Crippen molar-refractivity contribution < 1.29 is 9.47 Å². The Morgan fingerprint density at radius 3 is 1.37 bits per heavy atom. The Bertz CT molecular complexity index is 1600. The monoisotopic (exact) mass is 504 g/mol. The summed E-state index contributed by atoms with van der Waals surface area (Å²) in [5.74, 6) is 1.20. The van der Waals surface area contributed by atoms with Crippen LogP contribution in [0.15, 0.2) is 107 Å². The van der Waals surface area contributed by atoms with Crippen LogP contribution in [0.1, 0.15) is 22.5 Å². The zero-order chi connectivity index (χ0) is 26.2. The number of nitrogens with zero attached hydrogens (tertiary/aromatic N) is 2. The van der Waals surface area contributed by atoms with Crippen LogP contribution in [0.3, 0.4) is 0 Å². The van der Waals surface area contributed by atoms with Gasteiger partial charge in [-0.1, -0.05) is 60.7 Å². The number of pyridine rings is 2. The molecule has 2 N–H and O–H groups in total. The molecule has 0 saturated heterocycles. The predicted octanol–water partition coefficient (Wildman–Crippen LogP) is 2.67. The summed E-state index contributed by atoms with van der Waals surface area (Å²) in [7, 11) is 0. The molecule has 0 aliphatic heterocycles. The fraction of sp³-hybridized carbons (Fsp3) is 0.0667. The topological polar surface area (TPSA) is 110 Å². The van der Waals surface area contributed by atoms with Gasteiger partial charge in [-0.2, -0.15) is 0 Å². The Hall–Kier alpha value is -5.24. The summed E-state index contributed by atoms with van der Waals surface area (Å²) in [5.41, 5.74) is 2.19. The summed E-state index contributed by atoms with van der Waals surface area (Å²) >= 11 is 0. The molecule has 5 aromatic rings. The molecule has 3 heterocycles. The van der Waals surface area contributed by atoms with Crippen molar-refractivity contribution in [2.75, 3.05) is 0 Å². The van der Waals surface area contributed by atoms with Crippen LogP contribution in [0, 0.1) is 0 Å². The fourth-order valence-corrected chi connectivity index (χ4v) is 3.60. The van der Waals surface area contributed by atoms with E-state index in [4.69, 9.17) is 9.47 Å². The molecule has 38 heavy (non-hydrogen) atoms. The van der Waals surface area contributed by atoms with Gasteiger partial charge in [-0.15, -0.1) is 0 Å². The highest BCUT2D eigenvalue weighted by molar-refractivity contribution is 5.45. The number of benzene rings is 2. The van der Waals surface area contributed by atoms with E-state index in [-0.39, 0.29) is 10.7 Å². The van der Waals surface area contributed by atoms with Crippen molar-refractivity contribution in [2.45, 2.75) is 13.2 Å². The maximum atomic E-state index is 12.6. The minimum absolute atomic E-state index is 0.0928. The van der Waals surface area contributed by atoms with Crippen molar-refractivity contribution in [2.24, 2.45) is 0 Å². The van der Waals surface area contributed by atoms with Crippen molar-refractivity contribution in [3.63, 3.8) is 0 Å². The highest BCUT2D eigenvalue weighted by Crippen LogP contribution is 2.13. The van der Waals surface area contributed by atoms with Gasteiger partial charge in [-0.25, -0.2) is 0 Å². The number of aromatic nitrogens is 4. The Kier molecular flexibility index (Phi) is 7.51. The van der Waals surface area contributed by atoms with Gasteiger partial charge >= 0.3 is 0 Å². The van der Waals surface area contributed by atoms with Gasteiger partial charge in [0.15, 0.2) is 0 Å². The average molecular weight is 505 g/mol. The van der Waals surface area contributed by atoms with Gasteiger partial charge in [0, 0.05) is 0 Å². The van der Waals surface area contributed by atoms with E-state index in [1.807, 2.05) is 60.7 Å². The third-order valence-electron chi connectivity index (χ3n) is 5.59. The van der Waals surface area contributed by atoms with Crippen LogP contribution in [0.2, 0.25) is 0 Å². The van der Waals surface area contributed by atoms with E-state index in [1.165, 1.54) is 12.2 Å². The summed E-state index contributed by atoms with van der Waals surface area (Å²) < 4.78 is 11.5. The third-order valence-corrected chi connectivity index (χ3v) is 5.59. The second-order valence-electron chi connectivity index (χ2n) is 8.41. The van der Waals surface area contributed by atoms with Crippen LogP contribution in [-0.4, -0.2) is 19.9 Å². The van der Waals surface area contributed by atoms with E-state index >= 15 is 0 Å². The molecule has 0 fully saturated rings. The van der Waals surface area contributed by atoms with Gasteiger partial charge in [0.25, 0.3) is 11.1 Å². The van der Waals surface area contributed by atoms with Gasteiger partial charge < -0.3 is 19.4 Å². The number of ether oxygens (including phenoxy) is 2. The van der Waals surface area contributed by atoms with Crippen molar-refractivity contribution in [1.29, 1.82) is 0 Å². The standard InChI is InChI=1S/C30H24N4O4/c35-29-27(15-23-11-13-25(17-31-23)37-19-21-7-3-1-4-8-21)33-30(36)28(34-29)16-24-12-14-26(18-32-24)38-20-22-9-5-2-6-10-22/h1-18H,19-20H2,(H,33,36)(H,34,35). The molecule has 2 aromatic carbocycles. The van der Waals surface area contributed by atoms with E-state index in [0.717, 1.165) is 11.1 Å². The van der Waals surface area contributed by atoms with E-state index in [0.29, 0.717) is 36.1 Å². The molecule has 0 aliphatic carbocycles. The van der Waals surface area contributed by atoms with E-state index in [1.54, 1.807) is 36.7 Å². The number of H-pyrrole nitrogens is 2. The Labute approximate surface area is 217 Å². The molecule has 0 unspecified atom stereocenters. The van der Waals surface area contributed by atoms with Crippen LogP contribution in [0.4, 0.5) is 0 Å². The molecule has 3 aromatic heterocycles. The maximum Gasteiger partial charge on any atom is 0.272 e. The lowest BCUT2D eigenvalue weighted by Gasteiger charge is -2.05. The predicted molar refractivity (Wildman–Crippen MR) is 144 cm³/mol. The van der Waals surface area contributed by atoms with Gasteiger partial charge in [-0.3, -0.25) is 19.6 Å². The van der Waals surface area contributed by atoms with Gasteiger partial charge in [0.05, 0.1) is 23.8 Å². The average Bonchev–Trinajstić information content (AvgIpc) is 2.96. The second kappa shape index (κ2) is 11.7. The highest BCUT2D eigenvalue weighted by Gasteiger charge is 2.01. The molecular formula is C30H24N4O4. The smallest absolute Gasteiger partial charge is 0.272 e. The lowest BCUT2D eigenvalue weighted by molar-refractivity contribution is 0.305. The van der Waals surface area contributed by atoms with Gasteiger partial charge in [0.1, 0.15) is 35.4 Å². The normalized spacial score (nSPS) is 11.9.